The lowest BCUT2D eigenvalue weighted by Crippen LogP contribution is -2.45. The van der Waals surface area contributed by atoms with Crippen molar-refractivity contribution in [3.05, 3.63) is 65.2 Å². The van der Waals surface area contributed by atoms with E-state index in [1.54, 1.807) is 0 Å². The van der Waals surface area contributed by atoms with Crippen LogP contribution in [0.4, 0.5) is 5.69 Å². The topological polar surface area (TPSA) is 52.7 Å². The molecule has 152 valence electrons. The van der Waals surface area contributed by atoms with Crippen LogP contribution in [-0.4, -0.2) is 42.4 Å². The van der Waals surface area contributed by atoms with E-state index in [-0.39, 0.29) is 17.9 Å². The Hall–Kier alpha value is -2.82. The Morgan fingerprint density at radius 3 is 2.41 bits per heavy atom. The van der Waals surface area contributed by atoms with Crippen LogP contribution in [0.3, 0.4) is 0 Å². The maximum absolute atomic E-state index is 13.4. The Morgan fingerprint density at radius 1 is 0.966 bits per heavy atom. The second kappa shape index (κ2) is 8.68. The molecule has 5 nitrogen and oxygen atoms in total. The summed E-state index contributed by atoms with van der Waals surface area (Å²) in [5, 5.41) is 3.10. The Labute approximate surface area is 172 Å². The molecule has 0 bridgehead atoms. The molecule has 29 heavy (non-hydrogen) atoms. The van der Waals surface area contributed by atoms with E-state index in [9.17, 15) is 9.59 Å². The van der Waals surface area contributed by atoms with Crippen molar-refractivity contribution in [2.45, 2.75) is 45.2 Å². The van der Waals surface area contributed by atoms with Crippen molar-refractivity contribution >= 4 is 17.5 Å². The highest BCUT2D eigenvalue weighted by molar-refractivity contribution is 6.00. The van der Waals surface area contributed by atoms with E-state index in [1.165, 1.54) is 11.1 Å². The lowest BCUT2D eigenvalue weighted by atomic mass is 9.98. The van der Waals surface area contributed by atoms with Gasteiger partial charge in [0.15, 0.2) is 0 Å². The van der Waals surface area contributed by atoms with E-state index in [0.717, 1.165) is 50.1 Å². The zero-order valence-electron chi connectivity index (χ0n) is 17.1. The van der Waals surface area contributed by atoms with Crippen LogP contribution >= 0.6 is 0 Å². The van der Waals surface area contributed by atoms with Gasteiger partial charge in [-0.1, -0.05) is 43.3 Å². The van der Waals surface area contributed by atoms with Crippen LogP contribution < -0.4 is 10.2 Å². The molecule has 2 heterocycles. The first kappa shape index (κ1) is 19.5. The predicted octanol–water partition coefficient (Wildman–Crippen LogP) is 3.38. The second-order valence-electron chi connectivity index (χ2n) is 7.94. The van der Waals surface area contributed by atoms with Gasteiger partial charge in [0.25, 0.3) is 5.91 Å². The van der Waals surface area contributed by atoms with Crippen LogP contribution in [0.1, 0.15) is 47.7 Å². The van der Waals surface area contributed by atoms with Gasteiger partial charge in [-0.05, 0) is 42.5 Å². The minimum atomic E-state index is 0.108. The number of carbonyl (C=O) groups is 2. The Kier molecular flexibility index (Phi) is 5.84. The molecule has 0 atom stereocenters. The van der Waals surface area contributed by atoms with Crippen molar-refractivity contribution in [1.29, 1.82) is 0 Å². The van der Waals surface area contributed by atoms with Gasteiger partial charge in [0.1, 0.15) is 0 Å². The molecule has 5 heteroatoms. The highest BCUT2D eigenvalue weighted by atomic mass is 16.2. The number of rotatable bonds is 4. The van der Waals surface area contributed by atoms with E-state index in [1.807, 2.05) is 36.1 Å². The number of carbonyl (C=O) groups excluding carboxylic acids is 2. The second-order valence-corrected chi connectivity index (χ2v) is 7.94. The van der Waals surface area contributed by atoms with E-state index in [0.29, 0.717) is 13.0 Å². The number of nitrogens with zero attached hydrogens (tertiary/aromatic N) is 2. The van der Waals surface area contributed by atoms with Crippen LogP contribution in [0.15, 0.2) is 48.5 Å². The summed E-state index contributed by atoms with van der Waals surface area (Å²) in [4.78, 5) is 29.3. The first-order valence-electron chi connectivity index (χ1n) is 10.6. The van der Waals surface area contributed by atoms with Gasteiger partial charge in [-0.15, -0.1) is 0 Å². The van der Waals surface area contributed by atoms with Crippen LogP contribution in [0.2, 0.25) is 0 Å². The predicted molar refractivity (Wildman–Crippen MR) is 115 cm³/mol. The number of hydrogen-bond acceptors (Lipinski definition) is 3. The first-order chi connectivity index (χ1) is 14.2. The highest BCUT2D eigenvalue weighted by Crippen LogP contribution is 2.27. The average Bonchev–Trinajstić information content (AvgIpc) is 2.78. The fraction of sp³-hybridized carbons (Fsp3) is 0.417. The van der Waals surface area contributed by atoms with Crippen molar-refractivity contribution < 1.29 is 9.59 Å². The Morgan fingerprint density at radius 2 is 1.66 bits per heavy atom. The number of hydrogen-bond donors (Lipinski definition) is 1. The van der Waals surface area contributed by atoms with Gasteiger partial charge in [-0.2, -0.15) is 0 Å². The van der Waals surface area contributed by atoms with Gasteiger partial charge in [-0.3, -0.25) is 9.59 Å². The lowest BCUT2D eigenvalue weighted by Gasteiger charge is -2.36. The number of amides is 2. The molecular weight excluding hydrogens is 362 g/mol. The molecule has 0 radical (unpaired) electrons. The molecule has 0 unspecified atom stereocenters. The van der Waals surface area contributed by atoms with E-state index >= 15 is 0 Å². The Balaban J connectivity index is 1.46. The summed E-state index contributed by atoms with van der Waals surface area (Å²) in [6, 6.07) is 16.6. The first-order valence-corrected chi connectivity index (χ1v) is 10.6. The van der Waals surface area contributed by atoms with Gasteiger partial charge in [-0.25, -0.2) is 0 Å². The van der Waals surface area contributed by atoms with E-state index in [2.05, 4.69) is 34.5 Å². The molecule has 0 saturated carbocycles. The third-order valence-corrected chi connectivity index (χ3v) is 6.07. The lowest BCUT2D eigenvalue weighted by molar-refractivity contribution is -0.121. The zero-order valence-corrected chi connectivity index (χ0v) is 17.1. The third kappa shape index (κ3) is 4.29. The van der Waals surface area contributed by atoms with Crippen molar-refractivity contribution in [3.8, 4) is 0 Å². The van der Waals surface area contributed by atoms with Crippen molar-refractivity contribution in [2.24, 2.45) is 0 Å². The number of piperidine rings is 1. The Bertz CT molecular complexity index is 887. The average molecular weight is 392 g/mol. The van der Waals surface area contributed by atoms with Crippen molar-refractivity contribution in [1.82, 2.24) is 10.2 Å². The van der Waals surface area contributed by atoms with Crippen molar-refractivity contribution in [3.63, 3.8) is 0 Å². The summed E-state index contributed by atoms with van der Waals surface area (Å²) in [6.07, 6.45) is 3.25. The summed E-state index contributed by atoms with van der Waals surface area (Å²) in [6.45, 7) is 5.01. The maximum atomic E-state index is 13.4. The van der Waals surface area contributed by atoms with E-state index < -0.39 is 0 Å². The van der Waals surface area contributed by atoms with E-state index in [4.69, 9.17) is 0 Å². The molecule has 2 aliphatic heterocycles. The molecule has 4 rings (SSSR count). The summed E-state index contributed by atoms with van der Waals surface area (Å²) in [5.41, 5.74) is 4.39. The van der Waals surface area contributed by atoms with Crippen molar-refractivity contribution in [2.75, 3.05) is 24.5 Å². The molecule has 0 aliphatic carbocycles. The largest absolute Gasteiger partial charge is 0.371 e. The third-order valence-electron chi connectivity index (χ3n) is 6.07. The minimum absolute atomic E-state index is 0.108. The number of para-hydroxylation sites is 1. The van der Waals surface area contributed by atoms with Gasteiger partial charge in [0.2, 0.25) is 5.91 Å². The number of benzene rings is 2. The van der Waals surface area contributed by atoms with Gasteiger partial charge < -0.3 is 15.1 Å². The fourth-order valence-electron chi connectivity index (χ4n) is 4.36. The van der Waals surface area contributed by atoms with Gasteiger partial charge >= 0.3 is 0 Å². The molecule has 2 amide bonds. The smallest absolute Gasteiger partial charge is 0.256 e. The number of nitrogens with one attached hydrogen (secondary N) is 1. The molecule has 2 aliphatic rings. The summed E-state index contributed by atoms with van der Waals surface area (Å²) >= 11 is 0. The molecule has 2 aromatic rings. The monoisotopic (exact) mass is 391 g/mol. The van der Waals surface area contributed by atoms with Crippen LogP contribution in [0.5, 0.6) is 0 Å². The van der Waals surface area contributed by atoms with Crippen LogP contribution in [-0.2, 0) is 17.8 Å². The highest BCUT2D eigenvalue weighted by Gasteiger charge is 2.27. The summed E-state index contributed by atoms with van der Waals surface area (Å²) in [5.74, 6) is 0.223. The SMILES string of the molecule is CCC(=O)NC1CCN(c2ccccc2C(=O)N2CCc3ccccc3C2)CC1. The van der Waals surface area contributed by atoms with Crippen LogP contribution in [0.25, 0.3) is 0 Å². The molecular formula is C24H29N3O2. The molecule has 0 spiro atoms. The fourth-order valence-corrected chi connectivity index (χ4v) is 4.36. The number of anilines is 1. The zero-order chi connectivity index (χ0) is 20.2. The normalized spacial score (nSPS) is 17.0. The van der Waals surface area contributed by atoms with Gasteiger partial charge in [0, 0.05) is 44.3 Å². The quantitative estimate of drug-likeness (QED) is 0.869. The molecule has 2 aromatic carbocycles. The molecule has 0 aromatic heterocycles. The summed E-state index contributed by atoms with van der Waals surface area (Å²) in [7, 11) is 0. The number of fused-ring (bicyclic) bond motifs is 1. The summed E-state index contributed by atoms with van der Waals surface area (Å²) < 4.78 is 0. The van der Waals surface area contributed by atoms with Crippen LogP contribution in [0, 0.1) is 0 Å². The molecule has 1 fully saturated rings. The molecule has 1 saturated heterocycles. The maximum Gasteiger partial charge on any atom is 0.256 e. The minimum Gasteiger partial charge on any atom is -0.371 e. The molecule has 1 N–H and O–H groups in total. The van der Waals surface area contributed by atoms with Gasteiger partial charge in [0.05, 0.1) is 5.56 Å². The standard InChI is InChI=1S/C24H29N3O2/c1-2-23(28)25-20-12-15-26(16-13-20)22-10-6-5-9-21(22)24(29)27-14-11-18-7-3-4-8-19(18)17-27/h3-10,20H,2,11-17H2,1H3,(H,25,28).